The predicted octanol–water partition coefficient (Wildman–Crippen LogP) is 1.92. The van der Waals surface area contributed by atoms with Gasteiger partial charge in [0.15, 0.2) is 24.8 Å². The number of ether oxygens (including phenoxy) is 7. The van der Waals surface area contributed by atoms with Crippen LogP contribution in [0.5, 0.6) is 0 Å². The number of hydrogen-bond acceptors (Lipinski definition) is 17. The second-order valence-corrected chi connectivity index (χ2v) is 16.9. The van der Waals surface area contributed by atoms with Crippen molar-refractivity contribution in [2.75, 3.05) is 13.7 Å². The van der Waals surface area contributed by atoms with Crippen molar-refractivity contribution in [3.8, 4) is 11.3 Å². The van der Waals surface area contributed by atoms with Crippen LogP contribution in [0.1, 0.15) is 74.7 Å². The molecule has 4 fully saturated rings. The lowest BCUT2D eigenvalue weighted by Gasteiger charge is -2.48. The molecule has 7 rings (SSSR count). The molecule has 20 heteroatoms. The van der Waals surface area contributed by atoms with Gasteiger partial charge in [-0.25, -0.2) is 18.7 Å². The van der Waals surface area contributed by atoms with Crippen LogP contribution in [0.2, 0.25) is 0 Å². The first-order chi connectivity index (χ1) is 30.8. The van der Waals surface area contributed by atoms with Crippen LogP contribution < -0.4 is 0 Å². The molecule has 6 N–H and O–H groups in total. The number of carbonyl (C=O) groups is 3. The fourth-order valence-electron chi connectivity index (χ4n) is 9.11. The number of esters is 2. The van der Waals surface area contributed by atoms with Gasteiger partial charge >= 0.3 is 17.9 Å². The number of aliphatic hydroxyl groups is 5. The van der Waals surface area contributed by atoms with Gasteiger partial charge in [0, 0.05) is 5.56 Å². The van der Waals surface area contributed by atoms with Crippen molar-refractivity contribution in [1.82, 2.24) is 15.0 Å². The molecular formula is C44H56FN3O16. The Kier molecular flexibility index (Phi) is 15.7. The molecule has 2 saturated heterocycles. The molecule has 2 aromatic carbocycles. The van der Waals surface area contributed by atoms with Gasteiger partial charge in [0.25, 0.3) is 0 Å². The predicted molar refractivity (Wildman–Crippen MR) is 216 cm³/mol. The van der Waals surface area contributed by atoms with Crippen LogP contribution in [0.25, 0.3) is 11.3 Å². The molecule has 0 radical (unpaired) electrons. The molecule has 0 spiro atoms. The zero-order valence-electron chi connectivity index (χ0n) is 35.4. The fourth-order valence-corrected chi connectivity index (χ4v) is 9.11. The summed E-state index contributed by atoms with van der Waals surface area (Å²) in [6, 6.07) is 12.4. The molecule has 9 unspecified atom stereocenters. The summed E-state index contributed by atoms with van der Waals surface area (Å²) in [5.74, 6) is -4.40. The smallest absolute Gasteiger partial charge is 0.338 e. The molecule has 1 aromatic heterocycles. The normalized spacial score (nSPS) is 34.1. The van der Waals surface area contributed by atoms with E-state index in [4.69, 9.17) is 33.2 Å². The van der Waals surface area contributed by atoms with E-state index < -0.39 is 122 Å². The number of rotatable bonds is 15. The highest BCUT2D eigenvalue weighted by molar-refractivity contribution is 5.89. The molecule has 4 aliphatic rings. The van der Waals surface area contributed by atoms with E-state index in [1.165, 1.54) is 55.2 Å². The van der Waals surface area contributed by atoms with E-state index in [0.717, 1.165) is 32.1 Å². The Morgan fingerprint density at radius 1 is 0.875 bits per heavy atom. The second kappa shape index (κ2) is 21.2. The quantitative estimate of drug-likeness (QED) is 0.119. The lowest BCUT2D eigenvalue weighted by atomic mass is 9.81. The monoisotopic (exact) mass is 901 g/mol. The Labute approximate surface area is 367 Å². The molecule has 2 aliphatic carbocycles. The van der Waals surface area contributed by atoms with Gasteiger partial charge in [-0.2, -0.15) is 0 Å². The summed E-state index contributed by atoms with van der Waals surface area (Å²) in [6.07, 6.45) is -14.5. The maximum atomic E-state index is 14.3. The maximum absolute atomic E-state index is 14.3. The van der Waals surface area contributed by atoms with Crippen LogP contribution >= 0.6 is 0 Å². The first kappa shape index (κ1) is 47.5. The molecule has 0 amide bonds. The van der Waals surface area contributed by atoms with Crippen LogP contribution in [-0.4, -0.2) is 157 Å². The number of aliphatic hydroxyl groups excluding tert-OH is 5. The summed E-state index contributed by atoms with van der Waals surface area (Å²) in [5, 5.41) is 73.6. The van der Waals surface area contributed by atoms with Crippen molar-refractivity contribution < 1.29 is 82.6 Å². The Balaban J connectivity index is 1.29. The summed E-state index contributed by atoms with van der Waals surface area (Å²) in [6.45, 7) is 0.639. The van der Waals surface area contributed by atoms with Gasteiger partial charge in [-0.05, 0) is 56.4 Å². The molecule has 2 saturated carbocycles. The van der Waals surface area contributed by atoms with Crippen LogP contribution in [0.3, 0.4) is 0 Å². The third-order valence-electron chi connectivity index (χ3n) is 12.6. The summed E-state index contributed by atoms with van der Waals surface area (Å²) in [7, 11) is 1.19. The van der Waals surface area contributed by atoms with Crippen LogP contribution in [0.4, 0.5) is 4.39 Å². The number of aliphatic carboxylic acids is 1. The molecule has 64 heavy (non-hydrogen) atoms. The molecule has 19 nitrogen and oxygen atoms in total. The van der Waals surface area contributed by atoms with Crippen molar-refractivity contribution in [3.63, 3.8) is 0 Å². The fraction of sp³-hybridized carbons (Fsp3) is 0.614. The lowest BCUT2D eigenvalue weighted by molar-refractivity contribution is -0.349. The van der Waals surface area contributed by atoms with E-state index in [0.29, 0.717) is 5.56 Å². The van der Waals surface area contributed by atoms with Gasteiger partial charge in [-0.15, -0.1) is 5.10 Å². The van der Waals surface area contributed by atoms with Crippen molar-refractivity contribution >= 4 is 17.9 Å². The number of carbonyl (C=O) groups excluding carboxylic acids is 2. The molecule has 350 valence electrons. The molecule has 0 bridgehead atoms. The molecular weight excluding hydrogens is 845 g/mol. The zero-order valence-corrected chi connectivity index (χ0v) is 35.4. The summed E-state index contributed by atoms with van der Waals surface area (Å²) in [4.78, 5) is 40.1. The number of methoxy groups -OCH3 is 1. The number of carboxylic acid groups (broad SMARTS) is 1. The molecule has 3 heterocycles. The summed E-state index contributed by atoms with van der Waals surface area (Å²) < 4.78 is 58.2. The van der Waals surface area contributed by atoms with E-state index >= 15 is 0 Å². The minimum Gasteiger partial charge on any atom is -0.479 e. The maximum Gasteiger partial charge on any atom is 0.338 e. The van der Waals surface area contributed by atoms with Gasteiger partial charge in [-0.1, -0.05) is 67.6 Å². The topological polar surface area (TPSA) is 268 Å². The summed E-state index contributed by atoms with van der Waals surface area (Å²) in [5.41, 5.74) is 0.691. The zero-order chi connectivity index (χ0) is 45.7. The Morgan fingerprint density at radius 2 is 1.62 bits per heavy atom. The minimum atomic E-state index is -1.81. The number of aromatic nitrogens is 3. The minimum absolute atomic E-state index is 0.00287. The average Bonchev–Trinajstić information content (AvgIpc) is 3.80. The Hall–Kier alpha value is -4.48. The highest BCUT2D eigenvalue weighted by Gasteiger charge is 2.55. The lowest BCUT2D eigenvalue weighted by Crippen LogP contribution is -2.64. The third kappa shape index (κ3) is 10.8. The van der Waals surface area contributed by atoms with Gasteiger partial charge < -0.3 is 63.8 Å². The standard InChI is InChI=1S/C44H56FN3O16/c1-22-33(50)35(52)36(53)43(59-22)64-37-29(48-20-28(46-47-48)25-14-9-15-27(45)17-25)18-26(41(56)58-2)19-30(37)61-44-39(63-42(57)24-12-7-4-8-13-24)38(34(51)32(21-49)62-44)60-31(40(54)55)16-23-10-5-3-6-11-23/h4,7-9,12-15,17,20,22-23,26,29-39,43-44,49-53H,3,5-6,10-11,16,18-19,21H2,1-2H3,(H,54,55)/t22?,26?,29?,30-,31+,32?,33-,34+,35?,36?,37?,38?,39?,43+,44-/m1/s1. The van der Waals surface area contributed by atoms with Gasteiger partial charge in [0.2, 0.25) is 0 Å². The van der Waals surface area contributed by atoms with E-state index in [2.05, 4.69) is 10.3 Å². The van der Waals surface area contributed by atoms with Crippen molar-refractivity contribution in [1.29, 1.82) is 0 Å². The highest BCUT2D eigenvalue weighted by atomic mass is 19.1. The van der Waals surface area contributed by atoms with Crippen LogP contribution in [-0.2, 0) is 42.7 Å². The number of carboxylic acids is 1. The van der Waals surface area contributed by atoms with Crippen molar-refractivity contribution in [2.24, 2.45) is 11.8 Å². The first-order valence-corrected chi connectivity index (χ1v) is 21.6. The first-order valence-electron chi connectivity index (χ1n) is 21.6. The molecule has 2 aliphatic heterocycles. The van der Waals surface area contributed by atoms with Crippen LogP contribution in [0, 0.1) is 17.7 Å². The molecule has 15 atom stereocenters. The Bertz CT molecular complexity index is 2020. The van der Waals surface area contributed by atoms with Crippen molar-refractivity contribution in [2.45, 2.75) is 144 Å². The van der Waals surface area contributed by atoms with Gasteiger partial charge in [-0.3, -0.25) is 4.79 Å². The Morgan fingerprint density at radius 3 is 2.31 bits per heavy atom. The summed E-state index contributed by atoms with van der Waals surface area (Å²) >= 11 is 0. The van der Waals surface area contributed by atoms with E-state index in [9.17, 15) is 49.4 Å². The number of hydrogen-bond donors (Lipinski definition) is 6. The average molecular weight is 902 g/mol. The number of benzene rings is 2. The molecule has 3 aromatic rings. The SMILES string of the molecule is COC(=O)C1CC(n2cc(-c3cccc(F)c3)nn2)C(O[C@@H]2OC(C)[C@@H](O)C(O)C2O)[C@H](O[C@@H]2OC(CO)[C@H](O)C(O[C@@H](CC3CCCCC3)C(=O)O)C2OC(=O)c2ccccc2)C1. The van der Waals surface area contributed by atoms with Crippen LogP contribution in [0.15, 0.2) is 60.8 Å². The largest absolute Gasteiger partial charge is 0.479 e. The van der Waals surface area contributed by atoms with E-state index in [1.54, 1.807) is 24.3 Å². The second-order valence-electron chi connectivity index (χ2n) is 16.9. The number of nitrogens with zero attached hydrogens (tertiary/aromatic N) is 3. The third-order valence-corrected chi connectivity index (χ3v) is 12.6. The highest BCUT2D eigenvalue weighted by Crippen LogP contribution is 2.42. The van der Waals surface area contributed by atoms with E-state index in [1.807, 2.05) is 0 Å². The van der Waals surface area contributed by atoms with Gasteiger partial charge in [0.05, 0.1) is 49.6 Å². The van der Waals surface area contributed by atoms with Gasteiger partial charge in [0.1, 0.15) is 54.2 Å². The van der Waals surface area contributed by atoms with E-state index in [-0.39, 0.29) is 36.4 Å². The van der Waals surface area contributed by atoms with Crippen molar-refractivity contribution in [3.05, 3.63) is 72.2 Å². The number of halogens is 1.